The second kappa shape index (κ2) is 7.78. The molecule has 0 aliphatic carbocycles. The third-order valence-electron chi connectivity index (χ3n) is 3.53. The largest absolute Gasteiger partial charge is 0.438 e. The topological polar surface area (TPSA) is 64.1 Å². The summed E-state index contributed by atoms with van der Waals surface area (Å²) in [5, 5.41) is 2.23. The summed E-state index contributed by atoms with van der Waals surface area (Å²) in [6, 6.07) is 5.05. The van der Waals surface area contributed by atoms with Gasteiger partial charge in [0.15, 0.2) is 11.6 Å². The molecule has 0 saturated heterocycles. The van der Waals surface area contributed by atoms with Crippen LogP contribution in [-0.2, 0) is 6.18 Å². The lowest BCUT2D eigenvalue weighted by Crippen LogP contribution is -2.16. The molecule has 3 rings (SSSR count). The molecule has 0 spiro atoms. The minimum absolute atomic E-state index is 0.0843. The van der Waals surface area contributed by atoms with Gasteiger partial charge in [0.1, 0.15) is 22.7 Å². The van der Waals surface area contributed by atoms with E-state index in [1.807, 2.05) is 0 Å². The van der Waals surface area contributed by atoms with Crippen LogP contribution in [0.3, 0.4) is 0 Å². The van der Waals surface area contributed by atoms with Crippen LogP contribution in [0.1, 0.15) is 15.9 Å². The van der Waals surface area contributed by atoms with Crippen molar-refractivity contribution in [2.45, 2.75) is 6.18 Å². The fourth-order valence-corrected chi connectivity index (χ4v) is 2.25. The van der Waals surface area contributed by atoms with Gasteiger partial charge in [-0.05, 0) is 30.3 Å². The van der Waals surface area contributed by atoms with Crippen LogP contribution in [0.15, 0.2) is 48.9 Å². The van der Waals surface area contributed by atoms with Gasteiger partial charge >= 0.3 is 6.18 Å². The summed E-state index contributed by atoms with van der Waals surface area (Å²) in [5.74, 6) is -5.56. The molecular weight excluding hydrogens is 404 g/mol. The summed E-state index contributed by atoms with van der Waals surface area (Å²) in [5.41, 5.74) is -2.16. The van der Waals surface area contributed by atoms with E-state index in [1.54, 1.807) is 0 Å². The molecule has 3 aromatic rings. The quantitative estimate of drug-likeness (QED) is 0.615. The van der Waals surface area contributed by atoms with Crippen molar-refractivity contribution < 1.29 is 35.9 Å². The zero-order valence-corrected chi connectivity index (χ0v) is 14.1. The van der Waals surface area contributed by atoms with Gasteiger partial charge in [0.25, 0.3) is 5.91 Å². The lowest BCUT2D eigenvalue weighted by Gasteiger charge is -2.13. The maximum absolute atomic E-state index is 13.6. The Morgan fingerprint density at radius 1 is 0.966 bits per heavy atom. The van der Waals surface area contributed by atoms with E-state index < -0.39 is 46.5 Å². The standard InChI is InChI=1S/C18H9F6N3O2/c19-9-5-12(18(22,23)24)17(26-6-9)29-11-3-1-10(2-4-11)27-16(28)15-13(20)7-25-8-14(15)21/h1-8H,(H,27,28). The van der Waals surface area contributed by atoms with E-state index in [4.69, 9.17) is 4.74 Å². The van der Waals surface area contributed by atoms with E-state index in [9.17, 15) is 31.1 Å². The Balaban J connectivity index is 1.77. The number of nitrogens with zero attached hydrogens (tertiary/aromatic N) is 2. The van der Waals surface area contributed by atoms with Gasteiger partial charge in [-0.25, -0.2) is 18.2 Å². The first kappa shape index (κ1) is 20.1. The van der Waals surface area contributed by atoms with Crippen LogP contribution >= 0.6 is 0 Å². The number of hydrogen-bond donors (Lipinski definition) is 1. The van der Waals surface area contributed by atoms with Crippen molar-refractivity contribution in [3.63, 3.8) is 0 Å². The van der Waals surface area contributed by atoms with Gasteiger partial charge in [0, 0.05) is 5.69 Å². The van der Waals surface area contributed by atoms with Crippen LogP contribution in [0.4, 0.5) is 32.0 Å². The van der Waals surface area contributed by atoms with E-state index in [1.165, 1.54) is 24.3 Å². The second-order valence-electron chi connectivity index (χ2n) is 5.56. The first-order valence-corrected chi connectivity index (χ1v) is 7.76. The molecule has 1 N–H and O–H groups in total. The van der Waals surface area contributed by atoms with E-state index in [-0.39, 0.29) is 17.5 Å². The van der Waals surface area contributed by atoms with E-state index in [2.05, 4.69) is 15.3 Å². The molecule has 0 bridgehead atoms. The summed E-state index contributed by atoms with van der Waals surface area (Å²) in [6.45, 7) is 0. The first-order chi connectivity index (χ1) is 13.6. The Kier molecular flexibility index (Phi) is 5.39. The van der Waals surface area contributed by atoms with Crippen LogP contribution in [-0.4, -0.2) is 15.9 Å². The predicted octanol–water partition coefficient (Wildman–Crippen LogP) is 4.96. The Hall–Kier alpha value is -3.63. The molecule has 2 heterocycles. The van der Waals surface area contributed by atoms with Crippen LogP contribution in [0, 0.1) is 17.5 Å². The summed E-state index contributed by atoms with van der Waals surface area (Å²) in [7, 11) is 0. The van der Waals surface area contributed by atoms with Crippen LogP contribution in [0.25, 0.3) is 0 Å². The number of alkyl halides is 3. The molecule has 0 fully saturated rings. The Bertz CT molecular complexity index is 1030. The molecule has 0 aliphatic rings. The number of hydrogen-bond acceptors (Lipinski definition) is 4. The van der Waals surface area contributed by atoms with Gasteiger partial charge in [-0.15, -0.1) is 0 Å². The highest BCUT2D eigenvalue weighted by molar-refractivity contribution is 6.04. The number of aromatic nitrogens is 2. The smallest absolute Gasteiger partial charge is 0.421 e. The average Bonchev–Trinajstić information content (AvgIpc) is 2.64. The maximum atomic E-state index is 13.6. The molecular formula is C18H9F6N3O2. The number of halogens is 6. The zero-order valence-electron chi connectivity index (χ0n) is 14.1. The van der Waals surface area contributed by atoms with E-state index >= 15 is 0 Å². The molecule has 1 amide bonds. The monoisotopic (exact) mass is 413 g/mol. The molecule has 1 aromatic carbocycles. The predicted molar refractivity (Wildman–Crippen MR) is 87.8 cm³/mol. The average molecular weight is 413 g/mol. The molecule has 11 heteroatoms. The molecule has 5 nitrogen and oxygen atoms in total. The number of nitrogens with one attached hydrogen (secondary N) is 1. The molecule has 29 heavy (non-hydrogen) atoms. The Morgan fingerprint density at radius 3 is 2.17 bits per heavy atom. The lowest BCUT2D eigenvalue weighted by atomic mass is 10.2. The normalized spacial score (nSPS) is 11.2. The number of carbonyl (C=O) groups is 1. The lowest BCUT2D eigenvalue weighted by molar-refractivity contribution is -0.139. The summed E-state index contributed by atoms with van der Waals surface area (Å²) in [6.07, 6.45) is -2.99. The number of anilines is 1. The molecule has 150 valence electrons. The third kappa shape index (κ3) is 4.62. The molecule has 0 saturated carbocycles. The van der Waals surface area contributed by atoms with Crippen molar-refractivity contribution in [1.82, 2.24) is 9.97 Å². The van der Waals surface area contributed by atoms with Gasteiger partial charge in [0.2, 0.25) is 5.88 Å². The molecule has 0 radical (unpaired) electrons. The number of rotatable bonds is 4. The molecule has 0 unspecified atom stereocenters. The number of pyridine rings is 2. The Morgan fingerprint density at radius 2 is 1.59 bits per heavy atom. The number of ether oxygens (including phenoxy) is 1. The van der Waals surface area contributed by atoms with Gasteiger partial charge in [-0.3, -0.25) is 9.78 Å². The molecule has 2 aromatic heterocycles. The fourth-order valence-electron chi connectivity index (χ4n) is 2.25. The fraction of sp³-hybridized carbons (Fsp3) is 0.0556. The van der Waals surface area contributed by atoms with Crippen LogP contribution < -0.4 is 10.1 Å². The van der Waals surface area contributed by atoms with Crippen molar-refractivity contribution in [3.8, 4) is 11.6 Å². The van der Waals surface area contributed by atoms with Crippen molar-refractivity contribution >= 4 is 11.6 Å². The highest BCUT2D eigenvalue weighted by atomic mass is 19.4. The highest BCUT2D eigenvalue weighted by Crippen LogP contribution is 2.37. The van der Waals surface area contributed by atoms with E-state index in [0.717, 1.165) is 0 Å². The Labute approximate surface area is 159 Å². The summed E-state index contributed by atoms with van der Waals surface area (Å²) >= 11 is 0. The summed E-state index contributed by atoms with van der Waals surface area (Å²) < 4.78 is 84.1. The number of amides is 1. The van der Waals surface area contributed by atoms with Gasteiger partial charge in [0.05, 0.1) is 18.6 Å². The number of carbonyl (C=O) groups excluding carboxylic acids is 1. The van der Waals surface area contributed by atoms with E-state index in [0.29, 0.717) is 18.6 Å². The van der Waals surface area contributed by atoms with Crippen molar-refractivity contribution in [2.75, 3.05) is 5.32 Å². The zero-order chi connectivity index (χ0) is 21.2. The third-order valence-corrected chi connectivity index (χ3v) is 3.53. The van der Waals surface area contributed by atoms with Crippen molar-refractivity contribution in [3.05, 3.63) is 77.5 Å². The van der Waals surface area contributed by atoms with Crippen LogP contribution in [0.5, 0.6) is 11.6 Å². The summed E-state index contributed by atoms with van der Waals surface area (Å²) in [4.78, 5) is 18.6. The van der Waals surface area contributed by atoms with Gasteiger partial charge in [-0.1, -0.05) is 0 Å². The minimum atomic E-state index is -4.89. The van der Waals surface area contributed by atoms with Crippen LogP contribution in [0.2, 0.25) is 0 Å². The van der Waals surface area contributed by atoms with Crippen molar-refractivity contribution in [2.24, 2.45) is 0 Å². The second-order valence-corrected chi connectivity index (χ2v) is 5.56. The first-order valence-electron chi connectivity index (χ1n) is 7.76. The highest BCUT2D eigenvalue weighted by Gasteiger charge is 2.36. The van der Waals surface area contributed by atoms with Crippen molar-refractivity contribution in [1.29, 1.82) is 0 Å². The van der Waals surface area contributed by atoms with Gasteiger partial charge in [-0.2, -0.15) is 13.2 Å². The minimum Gasteiger partial charge on any atom is -0.438 e. The molecule has 0 aliphatic heterocycles. The SMILES string of the molecule is O=C(Nc1ccc(Oc2ncc(F)cc2C(F)(F)F)cc1)c1c(F)cncc1F. The van der Waals surface area contributed by atoms with Gasteiger partial charge < -0.3 is 10.1 Å². The maximum Gasteiger partial charge on any atom is 0.421 e. The molecule has 0 atom stereocenters. The number of benzene rings is 1.